The standard InChI is InChI=1S/C21H23N3O3S2/c1-29(26,27)23-12-11-16-7-9-18(10-8-16)19-15-28-21(24-19)13-20(25)22-14-17-5-3-2-4-6-17/h2-10,15,23H,11-14H2,1H3,(H,22,25). The second-order valence-electron chi connectivity index (χ2n) is 6.68. The molecule has 0 radical (unpaired) electrons. The number of hydrogen-bond donors (Lipinski definition) is 2. The van der Waals surface area contributed by atoms with E-state index >= 15 is 0 Å². The summed E-state index contributed by atoms with van der Waals surface area (Å²) in [5.41, 5.74) is 3.91. The maximum absolute atomic E-state index is 12.2. The third-order valence-corrected chi connectivity index (χ3v) is 5.80. The van der Waals surface area contributed by atoms with Crippen LogP contribution in [0.15, 0.2) is 60.0 Å². The minimum absolute atomic E-state index is 0.0523. The van der Waals surface area contributed by atoms with Crippen molar-refractivity contribution < 1.29 is 13.2 Å². The fraction of sp³-hybridized carbons (Fsp3) is 0.238. The van der Waals surface area contributed by atoms with Crippen molar-refractivity contribution in [2.75, 3.05) is 12.8 Å². The van der Waals surface area contributed by atoms with Crippen molar-refractivity contribution in [2.45, 2.75) is 19.4 Å². The van der Waals surface area contributed by atoms with Crippen LogP contribution in [0.1, 0.15) is 16.1 Å². The maximum atomic E-state index is 12.2. The first-order valence-electron chi connectivity index (χ1n) is 9.18. The van der Waals surface area contributed by atoms with Crippen LogP contribution >= 0.6 is 11.3 Å². The third kappa shape index (κ3) is 7.08. The van der Waals surface area contributed by atoms with Crippen molar-refractivity contribution in [3.8, 4) is 11.3 Å². The molecule has 0 bridgehead atoms. The van der Waals surface area contributed by atoms with Gasteiger partial charge in [-0.1, -0.05) is 54.6 Å². The molecule has 0 aliphatic heterocycles. The Kier molecular flexibility index (Phi) is 7.13. The lowest BCUT2D eigenvalue weighted by Crippen LogP contribution is -2.24. The molecule has 0 aliphatic carbocycles. The van der Waals surface area contributed by atoms with Crippen molar-refractivity contribution >= 4 is 27.3 Å². The molecule has 0 unspecified atom stereocenters. The van der Waals surface area contributed by atoms with E-state index < -0.39 is 10.0 Å². The van der Waals surface area contributed by atoms with Crippen LogP contribution < -0.4 is 10.0 Å². The number of nitrogens with zero attached hydrogens (tertiary/aromatic N) is 1. The lowest BCUT2D eigenvalue weighted by Gasteiger charge is -2.04. The predicted octanol–water partition coefficient (Wildman–Crippen LogP) is 2.76. The molecule has 3 rings (SSSR count). The number of carbonyl (C=O) groups is 1. The lowest BCUT2D eigenvalue weighted by molar-refractivity contribution is -0.120. The molecule has 6 nitrogen and oxygen atoms in total. The Labute approximate surface area is 175 Å². The molecule has 0 atom stereocenters. The van der Waals surface area contributed by atoms with Crippen molar-refractivity contribution in [3.63, 3.8) is 0 Å². The monoisotopic (exact) mass is 429 g/mol. The van der Waals surface area contributed by atoms with E-state index in [4.69, 9.17) is 0 Å². The van der Waals surface area contributed by atoms with Gasteiger partial charge in [-0.2, -0.15) is 0 Å². The number of hydrogen-bond acceptors (Lipinski definition) is 5. The summed E-state index contributed by atoms with van der Waals surface area (Å²) >= 11 is 1.47. The maximum Gasteiger partial charge on any atom is 0.227 e. The molecule has 2 aromatic carbocycles. The van der Waals surface area contributed by atoms with Crippen LogP contribution in [0.25, 0.3) is 11.3 Å². The van der Waals surface area contributed by atoms with Gasteiger partial charge in [-0.3, -0.25) is 4.79 Å². The zero-order valence-corrected chi connectivity index (χ0v) is 17.7. The van der Waals surface area contributed by atoms with Crippen LogP contribution in [0.2, 0.25) is 0 Å². The summed E-state index contributed by atoms with van der Waals surface area (Å²) in [6, 6.07) is 17.6. The normalized spacial score (nSPS) is 11.3. The second kappa shape index (κ2) is 9.78. The zero-order chi connectivity index (χ0) is 20.7. The Morgan fingerprint density at radius 1 is 1.03 bits per heavy atom. The first-order valence-corrected chi connectivity index (χ1v) is 11.9. The Morgan fingerprint density at radius 2 is 1.76 bits per heavy atom. The Bertz CT molecular complexity index is 1050. The van der Waals surface area contributed by atoms with Crippen LogP contribution in [-0.4, -0.2) is 32.1 Å². The number of aromatic nitrogens is 1. The van der Waals surface area contributed by atoms with Gasteiger partial charge in [0.2, 0.25) is 15.9 Å². The van der Waals surface area contributed by atoms with Gasteiger partial charge in [0.15, 0.2) is 0 Å². The molecular formula is C21H23N3O3S2. The van der Waals surface area contributed by atoms with E-state index in [9.17, 15) is 13.2 Å². The van der Waals surface area contributed by atoms with Gasteiger partial charge in [-0.25, -0.2) is 18.1 Å². The summed E-state index contributed by atoms with van der Waals surface area (Å²) in [4.78, 5) is 16.7. The van der Waals surface area contributed by atoms with E-state index in [-0.39, 0.29) is 12.3 Å². The number of benzene rings is 2. The van der Waals surface area contributed by atoms with Gasteiger partial charge in [0.05, 0.1) is 18.4 Å². The molecule has 29 heavy (non-hydrogen) atoms. The lowest BCUT2D eigenvalue weighted by atomic mass is 10.1. The van der Waals surface area contributed by atoms with Gasteiger partial charge in [-0.15, -0.1) is 11.3 Å². The van der Waals surface area contributed by atoms with E-state index in [1.807, 2.05) is 60.0 Å². The third-order valence-electron chi connectivity index (χ3n) is 4.22. The van der Waals surface area contributed by atoms with E-state index in [0.29, 0.717) is 19.5 Å². The molecule has 1 aromatic heterocycles. The van der Waals surface area contributed by atoms with Gasteiger partial charge in [0.25, 0.3) is 0 Å². The summed E-state index contributed by atoms with van der Waals surface area (Å²) < 4.78 is 24.7. The molecule has 2 N–H and O–H groups in total. The SMILES string of the molecule is CS(=O)(=O)NCCc1ccc(-c2csc(CC(=O)NCc3ccccc3)n2)cc1. The van der Waals surface area contributed by atoms with Crippen LogP contribution in [0, 0.1) is 0 Å². The number of nitrogens with one attached hydrogen (secondary N) is 2. The van der Waals surface area contributed by atoms with Crippen molar-refractivity contribution in [1.29, 1.82) is 0 Å². The highest BCUT2D eigenvalue weighted by molar-refractivity contribution is 7.88. The largest absolute Gasteiger partial charge is 0.352 e. The number of carbonyl (C=O) groups excluding carboxylic acids is 1. The minimum atomic E-state index is -3.16. The molecule has 3 aromatic rings. The molecule has 0 spiro atoms. The minimum Gasteiger partial charge on any atom is -0.352 e. The van der Waals surface area contributed by atoms with Crippen molar-refractivity contribution in [2.24, 2.45) is 0 Å². The summed E-state index contributed by atoms with van der Waals surface area (Å²) in [6.07, 6.45) is 2.03. The van der Waals surface area contributed by atoms with Gasteiger partial charge >= 0.3 is 0 Å². The van der Waals surface area contributed by atoms with Crippen molar-refractivity contribution in [1.82, 2.24) is 15.0 Å². The molecule has 0 saturated carbocycles. The number of rotatable bonds is 9. The summed E-state index contributed by atoms with van der Waals surface area (Å²) in [5.74, 6) is -0.0523. The molecule has 152 valence electrons. The Morgan fingerprint density at radius 3 is 2.45 bits per heavy atom. The van der Waals surface area contributed by atoms with Crippen LogP contribution in [0.5, 0.6) is 0 Å². The number of thiazole rings is 1. The Balaban J connectivity index is 1.52. The van der Waals surface area contributed by atoms with E-state index in [1.54, 1.807) is 0 Å². The summed E-state index contributed by atoms with van der Waals surface area (Å²) in [7, 11) is -3.16. The predicted molar refractivity (Wildman–Crippen MR) is 116 cm³/mol. The zero-order valence-electron chi connectivity index (χ0n) is 16.1. The molecule has 1 amide bonds. The average Bonchev–Trinajstić information content (AvgIpc) is 3.15. The van der Waals surface area contributed by atoms with Gasteiger partial charge < -0.3 is 5.32 Å². The van der Waals surface area contributed by atoms with E-state index in [0.717, 1.165) is 33.6 Å². The molecule has 0 aliphatic rings. The quantitative estimate of drug-likeness (QED) is 0.547. The molecule has 8 heteroatoms. The highest BCUT2D eigenvalue weighted by atomic mass is 32.2. The van der Waals surface area contributed by atoms with Gasteiger partial charge in [0.1, 0.15) is 5.01 Å². The first-order chi connectivity index (χ1) is 13.9. The van der Waals surface area contributed by atoms with Crippen molar-refractivity contribution in [3.05, 3.63) is 76.1 Å². The second-order valence-corrected chi connectivity index (χ2v) is 9.45. The molecule has 0 saturated heterocycles. The van der Waals surface area contributed by atoms with Crippen LogP contribution in [0.3, 0.4) is 0 Å². The molecular weight excluding hydrogens is 406 g/mol. The summed E-state index contributed by atoms with van der Waals surface area (Å²) in [6.45, 7) is 0.880. The smallest absolute Gasteiger partial charge is 0.227 e. The number of sulfonamides is 1. The number of amides is 1. The van der Waals surface area contributed by atoms with E-state index in [2.05, 4.69) is 15.0 Å². The topological polar surface area (TPSA) is 88.2 Å². The first kappa shape index (κ1) is 21.2. The molecule has 1 heterocycles. The van der Waals surface area contributed by atoms with Crippen LogP contribution in [0.4, 0.5) is 0 Å². The van der Waals surface area contributed by atoms with Gasteiger partial charge in [-0.05, 0) is 17.5 Å². The fourth-order valence-electron chi connectivity index (χ4n) is 2.74. The highest BCUT2D eigenvalue weighted by Gasteiger charge is 2.09. The highest BCUT2D eigenvalue weighted by Crippen LogP contribution is 2.22. The van der Waals surface area contributed by atoms with Crippen LogP contribution in [-0.2, 0) is 34.2 Å². The van der Waals surface area contributed by atoms with E-state index in [1.165, 1.54) is 11.3 Å². The fourth-order valence-corrected chi connectivity index (χ4v) is 4.02. The van der Waals surface area contributed by atoms with Gasteiger partial charge in [0, 0.05) is 24.0 Å². The molecule has 0 fully saturated rings. The average molecular weight is 430 g/mol. The summed E-state index contributed by atoms with van der Waals surface area (Å²) in [5, 5.41) is 5.63. The Hall–Kier alpha value is -2.55.